The second-order valence-electron chi connectivity index (χ2n) is 5.89. The fraction of sp³-hybridized carbons (Fsp3) is 0.333. The molecule has 1 N–H and O–H groups in total. The summed E-state index contributed by atoms with van der Waals surface area (Å²) in [7, 11) is 0. The number of pyridine rings is 1. The summed E-state index contributed by atoms with van der Waals surface area (Å²) in [5.41, 5.74) is 0.330. The molecular weight excluding hydrogens is 295 g/mol. The third-order valence-electron chi connectivity index (χ3n) is 4.02. The van der Waals surface area contributed by atoms with Crippen LogP contribution in [0.4, 0.5) is 4.39 Å². The molecule has 0 spiro atoms. The van der Waals surface area contributed by atoms with Gasteiger partial charge in [-0.2, -0.15) is 0 Å². The minimum Gasteiger partial charge on any atom is -0.489 e. The summed E-state index contributed by atoms with van der Waals surface area (Å²) in [4.78, 5) is 16.8. The lowest BCUT2D eigenvalue weighted by atomic mass is 10.0. The Labute approximate surface area is 134 Å². The van der Waals surface area contributed by atoms with Crippen LogP contribution in [-0.4, -0.2) is 23.5 Å². The van der Waals surface area contributed by atoms with Crippen LogP contribution in [0.2, 0.25) is 0 Å². The van der Waals surface area contributed by atoms with Gasteiger partial charge < -0.3 is 10.1 Å². The number of hydrogen-bond donors (Lipinski definition) is 1. The Hall–Kier alpha value is -2.43. The van der Waals surface area contributed by atoms with Crippen LogP contribution < -0.4 is 10.1 Å². The van der Waals surface area contributed by atoms with Crippen molar-refractivity contribution >= 4 is 5.91 Å². The standard InChI is InChI=1S/C18H19FN2O2/c1-13(23-15-6-4-5-14(19)11-15)12-21-17(22)18(8-9-18)16-7-2-3-10-20-16/h2-7,10-11,13H,8-9,12H2,1H3,(H,21,22)/t13-/m0/s1. The molecule has 0 bridgehead atoms. The highest BCUT2D eigenvalue weighted by Gasteiger charge is 2.52. The monoisotopic (exact) mass is 314 g/mol. The Kier molecular flexibility index (Phi) is 4.28. The number of ether oxygens (including phenoxy) is 1. The molecule has 23 heavy (non-hydrogen) atoms. The van der Waals surface area contributed by atoms with Crippen molar-refractivity contribution in [2.24, 2.45) is 0 Å². The zero-order chi connectivity index (χ0) is 16.3. The van der Waals surface area contributed by atoms with Gasteiger partial charge in [0, 0.05) is 12.3 Å². The van der Waals surface area contributed by atoms with Crippen molar-refractivity contribution in [3.05, 3.63) is 60.2 Å². The van der Waals surface area contributed by atoms with Crippen molar-refractivity contribution in [1.29, 1.82) is 0 Å². The van der Waals surface area contributed by atoms with E-state index in [2.05, 4.69) is 10.3 Å². The summed E-state index contributed by atoms with van der Waals surface area (Å²) < 4.78 is 18.7. The van der Waals surface area contributed by atoms with Gasteiger partial charge in [0.25, 0.3) is 0 Å². The minimum atomic E-state index is -0.486. The molecular formula is C18H19FN2O2. The molecule has 5 heteroatoms. The highest BCUT2D eigenvalue weighted by molar-refractivity contribution is 5.90. The van der Waals surface area contributed by atoms with Crippen molar-refractivity contribution in [1.82, 2.24) is 10.3 Å². The summed E-state index contributed by atoms with van der Waals surface area (Å²) >= 11 is 0. The van der Waals surface area contributed by atoms with Crippen molar-refractivity contribution < 1.29 is 13.9 Å². The van der Waals surface area contributed by atoms with E-state index in [1.807, 2.05) is 25.1 Å². The predicted molar refractivity (Wildman–Crippen MR) is 84.6 cm³/mol. The molecule has 0 unspecified atom stereocenters. The van der Waals surface area contributed by atoms with Crippen molar-refractivity contribution in [3.8, 4) is 5.75 Å². The first-order chi connectivity index (χ1) is 11.1. The average molecular weight is 314 g/mol. The molecule has 0 aliphatic heterocycles. The predicted octanol–water partition coefficient (Wildman–Crippen LogP) is 2.84. The van der Waals surface area contributed by atoms with Crippen LogP contribution in [-0.2, 0) is 10.2 Å². The van der Waals surface area contributed by atoms with Gasteiger partial charge in [0.15, 0.2) is 0 Å². The lowest BCUT2D eigenvalue weighted by Gasteiger charge is -2.18. The van der Waals surface area contributed by atoms with Crippen LogP contribution in [0.3, 0.4) is 0 Å². The van der Waals surface area contributed by atoms with Gasteiger partial charge in [-0.15, -0.1) is 0 Å². The number of carbonyl (C=O) groups excluding carboxylic acids is 1. The van der Waals surface area contributed by atoms with Crippen LogP contribution in [0, 0.1) is 5.82 Å². The van der Waals surface area contributed by atoms with Gasteiger partial charge in [0.05, 0.1) is 17.7 Å². The summed E-state index contributed by atoms with van der Waals surface area (Å²) in [5.74, 6) is 0.0920. The van der Waals surface area contributed by atoms with Crippen LogP contribution in [0.1, 0.15) is 25.5 Å². The number of rotatable bonds is 6. The van der Waals surface area contributed by atoms with Gasteiger partial charge in [-0.1, -0.05) is 12.1 Å². The van der Waals surface area contributed by atoms with Gasteiger partial charge in [-0.05, 0) is 44.0 Å². The first kappa shape index (κ1) is 15.5. The largest absolute Gasteiger partial charge is 0.489 e. The van der Waals surface area contributed by atoms with E-state index in [-0.39, 0.29) is 17.8 Å². The van der Waals surface area contributed by atoms with Gasteiger partial charge in [0.2, 0.25) is 5.91 Å². The molecule has 1 aromatic heterocycles. The smallest absolute Gasteiger partial charge is 0.232 e. The molecule has 0 saturated heterocycles. The topological polar surface area (TPSA) is 51.2 Å². The number of amides is 1. The van der Waals surface area contributed by atoms with E-state index in [4.69, 9.17) is 4.74 Å². The Morgan fingerprint density at radius 1 is 1.35 bits per heavy atom. The lowest BCUT2D eigenvalue weighted by molar-refractivity contribution is -0.124. The van der Waals surface area contributed by atoms with Crippen LogP contribution in [0.25, 0.3) is 0 Å². The molecule has 1 heterocycles. The molecule has 1 aliphatic carbocycles. The molecule has 4 nitrogen and oxygen atoms in total. The van der Waals surface area contributed by atoms with Gasteiger partial charge in [0.1, 0.15) is 17.7 Å². The molecule has 2 aromatic rings. The maximum atomic E-state index is 13.1. The number of nitrogens with one attached hydrogen (secondary N) is 1. The van der Waals surface area contributed by atoms with Crippen LogP contribution in [0.5, 0.6) is 5.75 Å². The van der Waals surface area contributed by atoms with Gasteiger partial charge >= 0.3 is 0 Å². The summed E-state index contributed by atoms with van der Waals surface area (Å²) in [6, 6.07) is 11.6. The molecule has 0 radical (unpaired) electrons. The fourth-order valence-electron chi connectivity index (χ4n) is 2.59. The van der Waals surface area contributed by atoms with E-state index in [1.165, 1.54) is 12.1 Å². The molecule has 1 aliphatic rings. The summed E-state index contributed by atoms with van der Waals surface area (Å²) in [5, 5.41) is 2.92. The molecule has 1 saturated carbocycles. The molecule has 1 aromatic carbocycles. The second kappa shape index (κ2) is 6.36. The number of hydrogen-bond acceptors (Lipinski definition) is 3. The normalized spacial score (nSPS) is 16.4. The molecule has 3 rings (SSSR count). The fourth-order valence-corrected chi connectivity index (χ4v) is 2.59. The van der Waals surface area contributed by atoms with Gasteiger partial charge in [-0.25, -0.2) is 4.39 Å². The first-order valence-electron chi connectivity index (χ1n) is 7.72. The van der Waals surface area contributed by atoms with E-state index in [1.54, 1.807) is 18.3 Å². The van der Waals surface area contributed by atoms with Gasteiger partial charge in [-0.3, -0.25) is 9.78 Å². The number of aromatic nitrogens is 1. The maximum Gasteiger partial charge on any atom is 0.232 e. The highest BCUT2D eigenvalue weighted by Crippen LogP contribution is 2.47. The van der Waals surface area contributed by atoms with Crippen LogP contribution in [0.15, 0.2) is 48.7 Å². The first-order valence-corrected chi connectivity index (χ1v) is 7.72. The Morgan fingerprint density at radius 2 is 2.17 bits per heavy atom. The zero-order valence-corrected chi connectivity index (χ0v) is 13.0. The van der Waals surface area contributed by atoms with E-state index in [0.29, 0.717) is 12.3 Å². The van der Waals surface area contributed by atoms with Crippen molar-refractivity contribution in [2.75, 3.05) is 6.54 Å². The third kappa shape index (κ3) is 3.50. The number of carbonyl (C=O) groups is 1. The molecule has 1 amide bonds. The quantitative estimate of drug-likeness (QED) is 0.892. The Balaban J connectivity index is 1.55. The SMILES string of the molecule is C[C@@H](CNC(=O)C1(c2ccccn2)CC1)Oc1cccc(F)c1. The minimum absolute atomic E-state index is 0.0223. The van der Waals surface area contributed by atoms with E-state index >= 15 is 0 Å². The van der Waals surface area contributed by atoms with Crippen molar-refractivity contribution in [3.63, 3.8) is 0 Å². The number of benzene rings is 1. The molecule has 1 atom stereocenters. The summed E-state index contributed by atoms with van der Waals surface area (Å²) in [6.07, 6.45) is 3.09. The Bertz CT molecular complexity index is 686. The average Bonchev–Trinajstić information content (AvgIpc) is 3.35. The number of nitrogens with zero attached hydrogens (tertiary/aromatic N) is 1. The number of halogens is 1. The van der Waals surface area contributed by atoms with E-state index in [9.17, 15) is 9.18 Å². The summed E-state index contributed by atoms with van der Waals surface area (Å²) in [6.45, 7) is 2.20. The molecule has 120 valence electrons. The lowest BCUT2D eigenvalue weighted by Crippen LogP contribution is -2.40. The van der Waals surface area contributed by atoms with Crippen LogP contribution >= 0.6 is 0 Å². The second-order valence-corrected chi connectivity index (χ2v) is 5.89. The Morgan fingerprint density at radius 3 is 2.83 bits per heavy atom. The van der Waals surface area contributed by atoms with E-state index in [0.717, 1.165) is 18.5 Å². The highest BCUT2D eigenvalue weighted by atomic mass is 19.1. The third-order valence-corrected chi connectivity index (χ3v) is 4.02. The molecule has 1 fully saturated rings. The maximum absolute atomic E-state index is 13.1. The zero-order valence-electron chi connectivity index (χ0n) is 13.0. The van der Waals surface area contributed by atoms with E-state index < -0.39 is 5.41 Å². The van der Waals surface area contributed by atoms with Crippen molar-refractivity contribution in [2.45, 2.75) is 31.3 Å².